The van der Waals surface area contributed by atoms with Crippen LogP contribution < -0.4 is 0 Å². The average molecular weight is 250 g/mol. The zero-order chi connectivity index (χ0) is 13.6. The fourth-order valence-corrected chi connectivity index (χ4v) is 1.57. The quantitative estimate of drug-likeness (QED) is 0.615. The van der Waals surface area contributed by atoms with Crippen LogP contribution in [0, 0.1) is 0 Å². The normalized spacial score (nSPS) is 13.5. The number of benzene rings is 1. The third-order valence-electron chi connectivity index (χ3n) is 2.53. The van der Waals surface area contributed by atoms with Gasteiger partial charge in [-0.05, 0) is 24.8 Å². The van der Waals surface area contributed by atoms with Gasteiger partial charge in [0.05, 0.1) is 0 Å². The summed E-state index contributed by atoms with van der Waals surface area (Å²) in [6.07, 6.45) is 21.9. The molecule has 0 spiro atoms. The van der Waals surface area contributed by atoms with E-state index in [4.69, 9.17) is 0 Å². The predicted molar refractivity (Wildman–Crippen MR) is 86.1 cm³/mol. The molecule has 0 nitrogen and oxygen atoms in total. The molecule has 0 unspecified atom stereocenters. The molecule has 2 aliphatic carbocycles. The largest absolute Gasteiger partial charge is 0.103 e. The van der Waals surface area contributed by atoms with E-state index in [2.05, 4.69) is 67.3 Å². The van der Waals surface area contributed by atoms with Gasteiger partial charge in [0.1, 0.15) is 0 Å². The van der Waals surface area contributed by atoms with Crippen LogP contribution in [0.15, 0.2) is 91.6 Å². The van der Waals surface area contributed by atoms with E-state index in [-0.39, 0.29) is 0 Å². The molecule has 0 bridgehead atoms. The average Bonchev–Trinajstić information content (AvgIpc) is 3.19. The SMILES string of the molecule is C1=CCC=C1.C1=CCC=C1.C=CCc1ccccc1. The molecule has 0 fully saturated rings. The van der Waals surface area contributed by atoms with Crippen LogP contribution in [0.4, 0.5) is 0 Å². The van der Waals surface area contributed by atoms with Gasteiger partial charge in [0.25, 0.3) is 0 Å². The standard InChI is InChI=1S/C9H10.2C5H6/c1-2-6-9-7-4-3-5-8-9;2*1-2-4-5-3-1/h2-5,7-8H,1,6H2;2*1-4H,5H2. The number of rotatable bonds is 2. The molecule has 0 aromatic heterocycles. The molecule has 3 rings (SSSR count). The highest BCUT2D eigenvalue weighted by atomic mass is 13.9. The summed E-state index contributed by atoms with van der Waals surface area (Å²) in [7, 11) is 0. The van der Waals surface area contributed by atoms with Crippen molar-refractivity contribution in [3.8, 4) is 0 Å². The lowest BCUT2D eigenvalue weighted by atomic mass is 10.2. The van der Waals surface area contributed by atoms with Crippen molar-refractivity contribution in [1.29, 1.82) is 0 Å². The maximum absolute atomic E-state index is 3.66. The smallest absolute Gasteiger partial charge is 0.0100 e. The molecule has 0 heterocycles. The van der Waals surface area contributed by atoms with Crippen LogP contribution in [0.5, 0.6) is 0 Å². The highest BCUT2D eigenvalue weighted by Crippen LogP contribution is 1.98. The van der Waals surface area contributed by atoms with E-state index < -0.39 is 0 Å². The second kappa shape index (κ2) is 11.0. The van der Waals surface area contributed by atoms with E-state index in [1.807, 2.05) is 24.3 Å². The Morgan fingerprint density at radius 1 is 0.789 bits per heavy atom. The van der Waals surface area contributed by atoms with Crippen molar-refractivity contribution < 1.29 is 0 Å². The van der Waals surface area contributed by atoms with Crippen LogP contribution in [0.3, 0.4) is 0 Å². The Balaban J connectivity index is 0.000000153. The Morgan fingerprint density at radius 2 is 1.26 bits per heavy atom. The summed E-state index contributed by atoms with van der Waals surface area (Å²) in [6, 6.07) is 10.3. The van der Waals surface area contributed by atoms with Crippen LogP contribution >= 0.6 is 0 Å². The van der Waals surface area contributed by atoms with E-state index in [0.717, 1.165) is 19.3 Å². The van der Waals surface area contributed by atoms with Crippen molar-refractivity contribution in [2.24, 2.45) is 0 Å². The van der Waals surface area contributed by atoms with E-state index in [1.165, 1.54) is 5.56 Å². The minimum atomic E-state index is 0.973. The summed E-state index contributed by atoms with van der Waals surface area (Å²) in [6.45, 7) is 3.66. The molecule has 0 saturated heterocycles. The Kier molecular flexibility index (Phi) is 8.70. The maximum atomic E-state index is 3.66. The van der Waals surface area contributed by atoms with Crippen LogP contribution in [-0.2, 0) is 6.42 Å². The first-order valence-electron chi connectivity index (χ1n) is 6.71. The zero-order valence-electron chi connectivity index (χ0n) is 11.4. The molecule has 1 aromatic carbocycles. The van der Waals surface area contributed by atoms with Gasteiger partial charge in [0, 0.05) is 0 Å². The second-order valence-corrected chi connectivity index (χ2v) is 4.16. The highest BCUT2D eigenvalue weighted by Gasteiger charge is 1.82. The fourth-order valence-electron chi connectivity index (χ4n) is 1.57. The predicted octanol–water partition coefficient (Wildman–Crippen LogP) is 5.42. The van der Waals surface area contributed by atoms with Crippen molar-refractivity contribution in [3.05, 3.63) is 97.2 Å². The van der Waals surface area contributed by atoms with Crippen molar-refractivity contribution >= 4 is 0 Å². The molecule has 0 N–H and O–H groups in total. The van der Waals surface area contributed by atoms with E-state index in [9.17, 15) is 0 Å². The van der Waals surface area contributed by atoms with Gasteiger partial charge in [-0.2, -0.15) is 0 Å². The van der Waals surface area contributed by atoms with Crippen molar-refractivity contribution in [2.75, 3.05) is 0 Å². The number of allylic oxidation sites excluding steroid dienone is 9. The van der Waals surface area contributed by atoms with Gasteiger partial charge >= 0.3 is 0 Å². The molecule has 0 atom stereocenters. The first-order valence-corrected chi connectivity index (χ1v) is 6.71. The van der Waals surface area contributed by atoms with E-state index in [0.29, 0.717) is 0 Å². The Bertz CT molecular complexity index is 402. The highest BCUT2D eigenvalue weighted by molar-refractivity contribution is 5.16. The van der Waals surface area contributed by atoms with Crippen LogP contribution in [0.2, 0.25) is 0 Å². The third kappa shape index (κ3) is 8.62. The first kappa shape index (κ1) is 15.0. The maximum Gasteiger partial charge on any atom is -0.0100 e. The van der Waals surface area contributed by atoms with Gasteiger partial charge in [0.15, 0.2) is 0 Å². The molecule has 0 aliphatic heterocycles. The summed E-state index contributed by atoms with van der Waals surface area (Å²) in [4.78, 5) is 0. The Morgan fingerprint density at radius 3 is 1.58 bits per heavy atom. The molecule has 98 valence electrons. The van der Waals surface area contributed by atoms with E-state index in [1.54, 1.807) is 0 Å². The van der Waals surface area contributed by atoms with Gasteiger partial charge in [-0.1, -0.05) is 85.0 Å². The molecule has 0 saturated carbocycles. The van der Waals surface area contributed by atoms with Crippen LogP contribution in [-0.4, -0.2) is 0 Å². The zero-order valence-corrected chi connectivity index (χ0v) is 11.4. The molecule has 2 aliphatic rings. The van der Waals surface area contributed by atoms with E-state index >= 15 is 0 Å². The lowest BCUT2D eigenvalue weighted by molar-refractivity contribution is 1.28. The summed E-state index contributed by atoms with van der Waals surface area (Å²) < 4.78 is 0. The minimum absolute atomic E-state index is 0.973. The molecule has 0 heteroatoms. The van der Waals surface area contributed by atoms with Gasteiger partial charge in [-0.15, -0.1) is 6.58 Å². The summed E-state index contributed by atoms with van der Waals surface area (Å²) in [5, 5.41) is 0. The van der Waals surface area contributed by atoms with Gasteiger partial charge < -0.3 is 0 Å². The van der Waals surface area contributed by atoms with Crippen molar-refractivity contribution in [1.82, 2.24) is 0 Å². The van der Waals surface area contributed by atoms with Crippen LogP contribution in [0.1, 0.15) is 18.4 Å². The lowest BCUT2D eigenvalue weighted by Crippen LogP contribution is -1.75. The Labute approximate surface area is 117 Å². The van der Waals surface area contributed by atoms with Crippen molar-refractivity contribution in [2.45, 2.75) is 19.3 Å². The second-order valence-electron chi connectivity index (χ2n) is 4.16. The molecule has 19 heavy (non-hydrogen) atoms. The van der Waals surface area contributed by atoms with Gasteiger partial charge in [0.2, 0.25) is 0 Å². The molecule has 0 radical (unpaired) electrons. The number of hydrogen-bond donors (Lipinski definition) is 0. The van der Waals surface area contributed by atoms with Crippen molar-refractivity contribution in [3.63, 3.8) is 0 Å². The topological polar surface area (TPSA) is 0 Å². The van der Waals surface area contributed by atoms with Crippen LogP contribution in [0.25, 0.3) is 0 Å². The molecular weight excluding hydrogens is 228 g/mol. The Hall–Kier alpha value is -2.08. The molecule has 0 amide bonds. The third-order valence-corrected chi connectivity index (χ3v) is 2.53. The first-order chi connectivity index (χ1) is 9.43. The lowest BCUT2D eigenvalue weighted by Gasteiger charge is -1.91. The summed E-state index contributed by atoms with van der Waals surface area (Å²) in [5.74, 6) is 0. The summed E-state index contributed by atoms with van der Waals surface area (Å²) in [5.41, 5.74) is 1.33. The molecular formula is C19H22. The molecule has 1 aromatic rings. The summed E-state index contributed by atoms with van der Waals surface area (Å²) >= 11 is 0. The fraction of sp³-hybridized carbons (Fsp3) is 0.158. The van der Waals surface area contributed by atoms with Gasteiger partial charge in [-0.3, -0.25) is 0 Å². The monoisotopic (exact) mass is 250 g/mol. The minimum Gasteiger partial charge on any atom is -0.103 e. The van der Waals surface area contributed by atoms with Gasteiger partial charge in [-0.25, -0.2) is 0 Å². The number of hydrogen-bond acceptors (Lipinski definition) is 0.